The van der Waals surface area contributed by atoms with Crippen molar-refractivity contribution < 1.29 is 32.5 Å². The van der Waals surface area contributed by atoms with Gasteiger partial charge in [-0.15, -0.1) is 11.3 Å². The zero-order chi connectivity index (χ0) is 24.0. The minimum absolute atomic E-state index is 0.163. The van der Waals surface area contributed by atoms with Gasteiger partial charge in [-0.25, -0.2) is 13.2 Å². The molecule has 0 radical (unpaired) electrons. The van der Waals surface area contributed by atoms with Crippen LogP contribution >= 0.6 is 11.3 Å². The van der Waals surface area contributed by atoms with Crippen LogP contribution in [0.1, 0.15) is 20.0 Å². The molecule has 11 nitrogen and oxygen atoms in total. The Kier molecular flexibility index (Phi) is 7.15. The summed E-state index contributed by atoms with van der Waals surface area (Å²) in [7, 11) is -4.28. The molecule has 1 aromatic heterocycles. The maximum absolute atomic E-state index is 12.7. The fraction of sp³-hybridized carbons (Fsp3) is 0.0500. The Hall–Kier alpha value is -4.10. The molecule has 0 unspecified atom stereocenters. The topological polar surface area (TPSA) is 162 Å². The van der Waals surface area contributed by atoms with E-state index in [-0.39, 0.29) is 16.1 Å². The van der Waals surface area contributed by atoms with E-state index in [1.54, 1.807) is 11.4 Å². The van der Waals surface area contributed by atoms with Gasteiger partial charge in [0.05, 0.1) is 25.9 Å². The number of rotatable bonds is 8. The summed E-state index contributed by atoms with van der Waals surface area (Å²) in [4.78, 5) is 46.3. The average Bonchev–Trinajstić information content (AvgIpc) is 3.33. The molecule has 0 fully saturated rings. The number of nitrogens with zero attached hydrogens (tertiary/aromatic N) is 1. The van der Waals surface area contributed by atoms with Crippen LogP contribution in [0.4, 0.5) is 11.4 Å². The smallest absolute Gasteiger partial charge is 0.340 e. The third-order valence-electron chi connectivity index (χ3n) is 4.06. The first-order valence-corrected chi connectivity index (χ1v) is 11.4. The van der Waals surface area contributed by atoms with Crippen LogP contribution in [-0.2, 0) is 19.6 Å². The van der Waals surface area contributed by atoms with Gasteiger partial charge in [0, 0.05) is 12.1 Å². The molecule has 3 aromatic rings. The van der Waals surface area contributed by atoms with Gasteiger partial charge in [0.2, 0.25) is 0 Å². The Morgan fingerprint density at radius 2 is 1.79 bits per heavy atom. The number of esters is 1. The molecular formula is C20H15N3O8S2. The van der Waals surface area contributed by atoms with Crippen LogP contribution in [0.15, 0.2) is 70.9 Å². The van der Waals surface area contributed by atoms with Gasteiger partial charge in [0.15, 0.2) is 6.61 Å². The lowest BCUT2D eigenvalue weighted by molar-refractivity contribution is -0.385. The molecule has 0 atom stereocenters. The molecule has 2 N–H and O–H groups in total. The molecule has 13 heteroatoms. The molecule has 0 saturated heterocycles. The number of nitrogens with one attached hydrogen (secondary N) is 2. The summed E-state index contributed by atoms with van der Waals surface area (Å²) < 4.78 is 32.4. The number of sulfonamides is 1. The Morgan fingerprint density at radius 3 is 2.48 bits per heavy atom. The molecule has 2 amide bonds. The number of nitro benzene ring substituents is 1. The van der Waals surface area contributed by atoms with Crippen LogP contribution in [0.5, 0.6) is 0 Å². The first kappa shape index (κ1) is 23.6. The zero-order valence-corrected chi connectivity index (χ0v) is 18.2. The number of hydrogen-bond acceptors (Lipinski definition) is 9. The van der Waals surface area contributed by atoms with Gasteiger partial charge in [-0.2, -0.15) is 0 Å². The van der Waals surface area contributed by atoms with Gasteiger partial charge in [-0.1, -0.05) is 24.3 Å². The van der Waals surface area contributed by atoms with E-state index in [1.807, 2.05) is 0 Å². The number of hydrogen-bond donors (Lipinski definition) is 2. The summed E-state index contributed by atoms with van der Waals surface area (Å²) in [6.45, 7) is -0.776. The van der Waals surface area contributed by atoms with Crippen molar-refractivity contribution in [3.63, 3.8) is 0 Å². The maximum atomic E-state index is 12.7. The minimum atomic E-state index is -4.28. The van der Waals surface area contributed by atoms with Crippen LogP contribution in [0.25, 0.3) is 0 Å². The molecule has 1 heterocycles. The van der Waals surface area contributed by atoms with Gasteiger partial charge in [0.1, 0.15) is 0 Å². The number of imide groups is 1. The van der Waals surface area contributed by atoms with E-state index in [2.05, 4.69) is 10.0 Å². The lowest BCUT2D eigenvalue weighted by atomic mass is 10.2. The van der Waals surface area contributed by atoms with Crippen molar-refractivity contribution in [2.24, 2.45) is 0 Å². The summed E-state index contributed by atoms with van der Waals surface area (Å²) in [5, 5.41) is 14.6. The monoisotopic (exact) mass is 489 g/mol. The molecule has 0 aliphatic carbocycles. The molecular weight excluding hydrogens is 474 g/mol. The Bertz CT molecular complexity index is 1320. The van der Waals surface area contributed by atoms with Crippen molar-refractivity contribution in [2.75, 3.05) is 11.3 Å². The molecule has 0 spiro atoms. The highest BCUT2D eigenvalue weighted by Crippen LogP contribution is 2.23. The number of amides is 2. The van der Waals surface area contributed by atoms with Crippen LogP contribution < -0.4 is 10.0 Å². The molecule has 0 bridgehead atoms. The van der Waals surface area contributed by atoms with E-state index < -0.39 is 45.0 Å². The quantitative estimate of drug-likeness (QED) is 0.277. The summed E-state index contributed by atoms with van der Waals surface area (Å²) >= 11 is 1.13. The number of anilines is 1. The van der Waals surface area contributed by atoms with Gasteiger partial charge in [-0.3, -0.25) is 29.7 Å². The summed E-state index contributed by atoms with van der Waals surface area (Å²) in [6.07, 6.45) is 0. The molecule has 0 aliphatic rings. The normalized spacial score (nSPS) is 10.8. The van der Waals surface area contributed by atoms with Crippen molar-refractivity contribution in [1.82, 2.24) is 5.32 Å². The highest BCUT2D eigenvalue weighted by Gasteiger charge is 2.22. The second-order valence-corrected chi connectivity index (χ2v) is 8.97. The van der Waals surface area contributed by atoms with Crippen LogP contribution in [0.3, 0.4) is 0 Å². The van der Waals surface area contributed by atoms with Gasteiger partial charge < -0.3 is 4.74 Å². The van der Waals surface area contributed by atoms with Crippen molar-refractivity contribution in [2.45, 2.75) is 4.90 Å². The Morgan fingerprint density at radius 1 is 1.03 bits per heavy atom. The highest BCUT2D eigenvalue weighted by molar-refractivity contribution is 7.92. The molecule has 170 valence electrons. The van der Waals surface area contributed by atoms with E-state index in [0.717, 1.165) is 29.5 Å². The van der Waals surface area contributed by atoms with Gasteiger partial charge in [0.25, 0.3) is 27.5 Å². The fourth-order valence-corrected chi connectivity index (χ4v) is 4.30. The molecule has 0 aliphatic heterocycles. The van der Waals surface area contributed by atoms with E-state index in [1.165, 1.54) is 36.4 Å². The Balaban J connectivity index is 1.70. The van der Waals surface area contributed by atoms with E-state index >= 15 is 0 Å². The van der Waals surface area contributed by atoms with Gasteiger partial charge >= 0.3 is 5.97 Å². The molecule has 0 saturated carbocycles. The number of non-ortho nitro benzene ring substituents is 1. The van der Waals surface area contributed by atoms with Crippen LogP contribution in [0, 0.1) is 10.1 Å². The largest absolute Gasteiger partial charge is 0.452 e. The lowest BCUT2D eigenvalue weighted by Gasteiger charge is -2.12. The fourth-order valence-electron chi connectivity index (χ4n) is 2.56. The predicted octanol–water partition coefficient (Wildman–Crippen LogP) is 2.57. The number of nitro groups is 1. The second kappa shape index (κ2) is 10.0. The zero-order valence-electron chi connectivity index (χ0n) is 16.6. The number of carbonyl (C=O) groups excluding carboxylic acids is 3. The summed E-state index contributed by atoms with van der Waals surface area (Å²) in [5.74, 6) is -2.53. The van der Waals surface area contributed by atoms with E-state index in [9.17, 15) is 32.9 Å². The standard InChI is InChI=1S/C20H15N3O8S2/c24-18(21-19(25)17-9-4-10-32-17)12-31-20(26)15-7-1-2-8-16(15)22-33(29,30)14-6-3-5-13(11-14)23(27)28/h1-11,22H,12H2,(H,21,24,25). The van der Waals surface area contributed by atoms with Crippen molar-refractivity contribution in [1.29, 1.82) is 0 Å². The number of benzene rings is 2. The third-order valence-corrected chi connectivity index (χ3v) is 6.29. The predicted molar refractivity (Wildman–Crippen MR) is 117 cm³/mol. The second-order valence-electron chi connectivity index (χ2n) is 6.34. The first-order valence-electron chi connectivity index (χ1n) is 9.08. The SMILES string of the molecule is O=C(COC(=O)c1ccccc1NS(=O)(=O)c1cccc([N+](=O)[O-])c1)NC(=O)c1cccs1. The van der Waals surface area contributed by atoms with E-state index in [4.69, 9.17) is 4.74 Å². The Labute approximate surface area is 191 Å². The van der Waals surface area contributed by atoms with Crippen LogP contribution in [0.2, 0.25) is 0 Å². The number of carbonyl (C=O) groups is 3. The molecule has 2 aromatic carbocycles. The van der Waals surface area contributed by atoms with Crippen molar-refractivity contribution in [3.05, 3.63) is 86.6 Å². The molecule has 3 rings (SSSR count). The van der Waals surface area contributed by atoms with Crippen molar-refractivity contribution >= 4 is 50.5 Å². The maximum Gasteiger partial charge on any atom is 0.340 e. The number of thiophene rings is 1. The van der Waals surface area contributed by atoms with E-state index in [0.29, 0.717) is 4.88 Å². The minimum Gasteiger partial charge on any atom is -0.452 e. The van der Waals surface area contributed by atoms with Crippen LogP contribution in [-0.4, -0.2) is 37.7 Å². The third kappa shape index (κ3) is 5.99. The number of ether oxygens (including phenoxy) is 1. The number of para-hydroxylation sites is 1. The highest BCUT2D eigenvalue weighted by atomic mass is 32.2. The van der Waals surface area contributed by atoms with Gasteiger partial charge in [-0.05, 0) is 29.6 Å². The summed E-state index contributed by atoms with van der Waals surface area (Å²) in [6, 6.07) is 13.0. The first-order chi connectivity index (χ1) is 15.7. The lowest BCUT2D eigenvalue weighted by Crippen LogP contribution is -2.33. The average molecular weight is 489 g/mol. The molecule has 33 heavy (non-hydrogen) atoms. The summed E-state index contributed by atoms with van der Waals surface area (Å²) in [5.41, 5.74) is -0.790. The van der Waals surface area contributed by atoms with Crippen molar-refractivity contribution in [3.8, 4) is 0 Å².